The normalized spacial score (nSPS) is 24.2. The lowest BCUT2D eigenvalue weighted by Gasteiger charge is -2.40. The number of aliphatic carboxylic acids is 1. The molecule has 0 radical (unpaired) electrons. The van der Waals surface area contributed by atoms with Gasteiger partial charge in [-0.25, -0.2) is 0 Å². The predicted octanol–water partition coefficient (Wildman–Crippen LogP) is 1.74. The van der Waals surface area contributed by atoms with Gasteiger partial charge in [-0.2, -0.15) is 0 Å². The summed E-state index contributed by atoms with van der Waals surface area (Å²) in [7, 11) is 0. The minimum absolute atomic E-state index is 0.304. The molecule has 1 aromatic heterocycles. The number of piperidine rings is 1. The van der Waals surface area contributed by atoms with E-state index in [1.807, 2.05) is 0 Å². The summed E-state index contributed by atoms with van der Waals surface area (Å²) in [5, 5.41) is 9.55. The number of carboxylic acids is 1. The van der Waals surface area contributed by atoms with Crippen LogP contribution >= 0.6 is 0 Å². The zero-order chi connectivity index (χ0) is 17.2. The van der Waals surface area contributed by atoms with Gasteiger partial charge in [0.25, 0.3) is 0 Å². The number of carbonyl (C=O) groups is 2. The molecule has 3 atom stereocenters. The SMILES string of the molecule is CC(C)(C)OC(=O)[C@H]1CCCN([C@H](C(=O)O)c2ccco2)[C@H]1N. The summed E-state index contributed by atoms with van der Waals surface area (Å²) in [5.74, 6) is -1.70. The first-order chi connectivity index (χ1) is 10.7. The largest absolute Gasteiger partial charge is 0.480 e. The van der Waals surface area contributed by atoms with E-state index in [0.717, 1.165) is 0 Å². The third-order valence-corrected chi connectivity index (χ3v) is 3.81. The summed E-state index contributed by atoms with van der Waals surface area (Å²) >= 11 is 0. The smallest absolute Gasteiger partial charge is 0.328 e. The van der Waals surface area contributed by atoms with Crippen molar-refractivity contribution in [2.24, 2.45) is 11.7 Å². The average molecular weight is 324 g/mol. The number of nitrogens with zero attached hydrogens (tertiary/aromatic N) is 1. The Balaban J connectivity index is 2.19. The molecule has 0 bridgehead atoms. The van der Waals surface area contributed by atoms with Crippen LogP contribution in [0.25, 0.3) is 0 Å². The van der Waals surface area contributed by atoms with Crippen molar-refractivity contribution in [3.05, 3.63) is 24.2 Å². The van der Waals surface area contributed by atoms with Gasteiger partial charge in [0.1, 0.15) is 11.4 Å². The molecule has 0 unspecified atom stereocenters. The van der Waals surface area contributed by atoms with Crippen molar-refractivity contribution in [1.29, 1.82) is 0 Å². The Morgan fingerprint density at radius 3 is 2.70 bits per heavy atom. The van der Waals surface area contributed by atoms with Crippen molar-refractivity contribution in [1.82, 2.24) is 4.90 Å². The van der Waals surface area contributed by atoms with E-state index in [0.29, 0.717) is 25.1 Å². The van der Waals surface area contributed by atoms with E-state index in [1.165, 1.54) is 6.26 Å². The van der Waals surface area contributed by atoms with Crippen molar-refractivity contribution in [3.63, 3.8) is 0 Å². The van der Waals surface area contributed by atoms with Gasteiger partial charge >= 0.3 is 11.9 Å². The summed E-state index contributed by atoms with van der Waals surface area (Å²) in [5.41, 5.74) is 5.60. The fourth-order valence-corrected chi connectivity index (χ4v) is 2.85. The number of hydrogen-bond acceptors (Lipinski definition) is 6. The van der Waals surface area contributed by atoms with Crippen LogP contribution in [0, 0.1) is 5.92 Å². The Kier molecular flexibility index (Phi) is 5.11. The lowest BCUT2D eigenvalue weighted by molar-refractivity contribution is -0.167. The number of ether oxygens (including phenoxy) is 1. The van der Waals surface area contributed by atoms with E-state index < -0.39 is 35.7 Å². The lowest BCUT2D eigenvalue weighted by Crippen LogP contribution is -2.56. The van der Waals surface area contributed by atoms with Gasteiger partial charge in [0.15, 0.2) is 6.04 Å². The molecule has 0 aliphatic carbocycles. The molecule has 23 heavy (non-hydrogen) atoms. The first kappa shape index (κ1) is 17.5. The van der Waals surface area contributed by atoms with Crippen LogP contribution in [0.5, 0.6) is 0 Å². The molecular weight excluding hydrogens is 300 g/mol. The molecular formula is C16H24N2O5. The Labute approximate surface area is 135 Å². The minimum Gasteiger partial charge on any atom is -0.480 e. The highest BCUT2D eigenvalue weighted by atomic mass is 16.6. The zero-order valence-electron chi connectivity index (χ0n) is 13.7. The third-order valence-electron chi connectivity index (χ3n) is 3.81. The number of carboxylic acid groups (broad SMARTS) is 1. The summed E-state index contributed by atoms with van der Waals surface area (Å²) < 4.78 is 10.7. The van der Waals surface area contributed by atoms with E-state index in [2.05, 4.69) is 0 Å². The van der Waals surface area contributed by atoms with Crippen molar-refractivity contribution < 1.29 is 23.8 Å². The topological polar surface area (TPSA) is 106 Å². The fraction of sp³-hybridized carbons (Fsp3) is 0.625. The summed E-state index contributed by atoms with van der Waals surface area (Å²) in [6.45, 7) is 5.86. The maximum Gasteiger partial charge on any atom is 0.328 e. The van der Waals surface area contributed by atoms with Crippen LogP contribution in [0.2, 0.25) is 0 Å². The molecule has 3 N–H and O–H groups in total. The second kappa shape index (κ2) is 6.72. The Hall–Kier alpha value is -1.86. The van der Waals surface area contributed by atoms with Crippen LogP contribution in [-0.4, -0.2) is 40.3 Å². The van der Waals surface area contributed by atoms with Gasteiger partial charge in [0, 0.05) is 6.54 Å². The van der Waals surface area contributed by atoms with Crippen molar-refractivity contribution in [2.75, 3.05) is 6.54 Å². The van der Waals surface area contributed by atoms with Crippen molar-refractivity contribution in [3.8, 4) is 0 Å². The van der Waals surface area contributed by atoms with Gasteiger partial charge < -0.3 is 20.0 Å². The maximum absolute atomic E-state index is 12.3. The highest BCUT2D eigenvalue weighted by Gasteiger charge is 2.42. The van der Waals surface area contributed by atoms with Crippen LogP contribution < -0.4 is 5.73 Å². The number of carbonyl (C=O) groups excluding carboxylic acids is 1. The molecule has 128 valence electrons. The molecule has 0 aromatic carbocycles. The molecule has 1 aliphatic heterocycles. The third kappa shape index (κ3) is 4.11. The summed E-state index contributed by atoms with van der Waals surface area (Å²) in [4.78, 5) is 25.6. The van der Waals surface area contributed by atoms with E-state index in [-0.39, 0.29) is 0 Å². The van der Waals surface area contributed by atoms with Crippen LogP contribution in [0.1, 0.15) is 45.4 Å². The van der Waals surface area contributed by atoms with Gasteiger partial charge in [-0.05, 0) is 45.7 Å². The molecule has 0 saturated carbocycles. The predicted molar refractivity (Wildman–Crippen MR) is 82.3 cm³/mol. The molecule has 1 aliphatic rings. The molecule has 2 heterocycles. The second-order valence-electron chi connectivity index (χ2n) is 6.77. The van der Waals surface area contributed by atoms with E-state index in [9.17, 15) is 14.7 Å². The first-order valence-corrected chi connectivity index (χ1v) is 7.71. The Morgan fingerprint density at radius 1 is 1.48 bits per heavy atom. The van der Waals surface area contributed by atoms with Gasteiger partial charge in [-0.3, -0.25) is 14.5 Å². The number of furan rings is 1. The van der Waals surface area contributed by atoms with E-state index >= 15 is 0 Å². The van der Waals surface area contributed by atoms with Crippen LogP contribution in [0.4, 0.5) is 0 Å². The number of rotatable bonds is 4. The van der Waals surface area contributed by atoms with Crippen molar-refractivity contribution in [2.45, 2.75) is 51.4 Å². The quantitative estimate of drug-likeness (QED) is 0.812. The minimum atomic E-state index is -1.06. The molecule has 1 fully saturated rings. The Morgan fingerprint density at radius 2 is 2.17 bits per heavy atom. The van der Waals surface area contributed by atoms with E-state index in [1.54, 1.807) is 37.8 Å². The molecule has 7 heteroatoms. The zero-order valence-corrected chi connectivity index (χ0v) is 13.7. The van der Waals surface area contributed by atoms with Crippen molar-refractivity contribution >= 4 is 11.9 Å². The second-order valence-corrected chi connectivity index (χ2v) is 6.77. The molecule has 1 aromatic rings. The average Bonchev–Trinajstić information content (AvgIpc) is 2.92. The standard InChI is InChI=1S/C16H24N2O5/c1-16(2,3)23-15(21)10-6-4-8-18(13(10)17)12(14(19)20)11-7-5-9-22-11/h5,7,9-10,12-13H,4,6,8,17H2,1-3H3,(H,19,20)/t10-,12-,13+/m0/s1. The number of hydrogen-bond donors (Lipinski definition) is 2. The van der Waals surface area contributed by atoms with Crippen LogP contribution in [-0.2, 0) is 14.3 Å². The van der Waals surface area contributed by atoms with Crippen LogP contribution in [0.3, 0.4) is 0 Å². The fourth-order valence-electron chi connectivity index (χ4n) is 2.85. The maximum atomic E-state index is 12.3. The number of likely N-dealkylation sites (tertiary alicyclic amines) is 1. The highest BCUT2D eigenvalue weighted by Crippen LogP contribution is 2.31. The van der Waals surface area contributed by atoms with Gasteiger partial charge in [-0.15, -0.1) is 0 Å². The van der Waals surface area contributed by atoms with Gasteiger partial charge in [0.2, 0.25) is 0 Å². The molecule has 2 rings (SSSR count). The summed E-state index contributed by atoms with van der Waals surface area (Å²) in [6, 6.07) is 2.22. The monoisotopic (exact) mass is 324 g/mol. The molecule has 7 nitrogen and oxygen atoms in total. The van der Waals surface area contributed by atoms with Crippen LogP contribution in [0.15, 0.2) is 22.8 Å². The lowest BCUT2D eigenvalue weighted by atomic mass is 9.92. The van der Waals surface area contributed by atoms with Gasteiger partial charge in [0.05, 0.1) is 18.3 Å². The number of nitrogens with two attached hydrogens (primary N) is 1. The summed E-state index contributed by atoms with van der Waals surface area (Å²) in [6.07, 6.45) is 1.94. The highest BCUT2D eigenvalue weighted by molar-refractivity contribution is 5.76. The van der Waals surface area contributed by atoms with E-state index in [4.69, 9.17) is 14.9 Å². The first-order valence-electron chi connectivity index (χ1n) is 7.71. The number of esters is 1. The Bertz CT molecular complexity index is 549. The molecule has 0 spiro atoms. The molecule has 1 saturated heterocycles. The van der Waals surface area contributed by atoms with Gasteiger partial charge in [-0.1, -0.05) is 0 Å². The molecule has 0 amide bonds.